The maximum atomic E-state index is 13.9. The first-order valence-electron chi connectivity index (χ1n) is 12.9. The number of aromatic nitrogens is 5. The van der Waals surface area contributed by atoms with Crippen molar-refractivity contribution in [2.75, 3.05) is 18.5 Å². The van der Waals surface area contributed by atoms with Gasteiger partial charge in [-0.05, 0) is 36.2 Å². The number of likely N-dealkylation sites (N-methyl/N-ethyl adjacent to an activating group) is 1. The first-order valence-corrected chi connectivity index (χ1v) is 13.3. The minimum Gasteiger partial charge on any atom is -0.343 e. The first kappa shape index (κ1) is 23.7. The Hall–Kier alpha value is -4.37. The monoisotopic (exact) mass is 539 g/mol. The first-order chi connectivity index (χ1) is 18.9. The van der Waals surface area contributed by atoms with Crippen LogP contribution in [-0.4, -0.2) is 60.5 Å². The molecule has 5 heterocycles. The summed E-state index contributed by atoms with van der Waals surface area (Å²) in [6, 6.07) is 17.4. The molecule has 5 aromatic rings. The number of halogens is 1. The van der Waals surface area contributed by atoms with Crippen molar-refractivity contribution in [2.24, 2.45) is 7.05 Å². The van der Waals surface area contributed by atoms with Crippen LogP contribution in [0.1, 0.15) is 21.6 Å². The number of nitrogens with zero attached hydrogens (tertiary/aromatic N) is 7. The molecule has 0 saturated heterocycles. The third-order valence-electron chi connectivity index (χ3n) is 7.90. The van der Waals surface area contributed by atoms with Crippen LogP contribution in [-0.2, 0) is 31.4 Å². The van der Waals surface area contributed by atoms with Gasteiger partial charge in [-0.3, -0.25) is 14.3 Å². The molecule has 39 heavy (non-hydrogen) atoms. The number of amides is 2. The minimum absolute atomic E-state index is 0.131. The normalized spacial score (nSPS) is 17.2. The predicted octanol–water partition coefficient (Wildman–Crippen LogP) is 3.98. The molecule has 0 spiro atoms. The lowest BCUT2D eigenvalue weighted by Gasteiger charge is -2.34. The molecule has 10 heteroatoms. The van der Waals surface area contributed by atoms with Crippen LogP contribution >= 0.6 is 11.6 Å². The molecule has 0 N–H and O–H groups in total. The fraction of sp³-hybridized carbons (Fsp3) is 0.241. The largest absolute Gasteiger partial charge is 0.343 e. The van der Waals surface area contributed by atoms with Gasteiger partial charge in [-0.2, -0.15) is 10.2 Å². The molecule has 0 bridgehead atoms. The van der Waals surface area contributed by atoms with Crippen molar-refractivity contribution in [3.63, 3.8) is 0 Å². The molecule has 2 amide bonds. The zero-order valence-electron chi connectivity index (χ0n) is 21.6. The summed E-state index contributed by atoms with van der Waals surface area (Å²) < 4.78 is 5.57. The third kappa shape index (κ3) is 3.68. The molecule has 0 fully saturated rings. The number of aryl methyl sites for hydroxylation is 1. The van der Waals surface area contributed by atoms with Crippen LogP contribution in [0, 0.1) is 0 Å². The van der Waals surface area contributed by atoms with Gasteiger partial charge in [-0.15, -0.1) is 0 Å². The molecule has 196 valence electrons. The van der Waals surface area contributed by atoms with Gasteiger partial charge in [0.1, 0.15) is 11.2 Å². The molecule has 0 radical (unpaired) electrons. The van der Waals surface area contributed by atoms with E-state index >= 15 is 0 Å². The van der Waals surface area contributed by atoms with Gasteiger partial charge >= 0.3 is 0 Å². The second kappa shape index (κ2) is 8.84. The van der Waals surface area contributed by atoms with E-state index < -0.39 is 6.04 Å². The number of fused-ring (bicyclic) bond motifs is 1. The van der Waals surface area contributed by atoms with Gasteiger partial charge in [0.2, 0.25) is 0 Å². The zero-order valence-corrected chi connectivity index (χ0v) is 22.3. The van der Waals surface area contributed by atoms with Crippen molar-refractivity contribution in [3.8, 4) is 11.3 Å². The highest BCUT2D eigenvalue weighted by molar-refractivity contribution is 6.31. The van der Waals surface area contributed by atoms with E-state index in [1.54, 1.807) is 27.7 Å². The van der Waals surface area contributed by atoms with Gasteiger partial charge in [-0.25, -0.2) is 4.68 Å². The molecule has 0 aliphatic carbocycles. The zero-order chi connectivity index (χ0) is 26.8. The Labute approximate surface area is 229 Å². The Morgan fingerprint density at radius 2 is 1.87 bits per heavy atom. The van der Waals surface area contributed by atoms with Crippen LogP contribution in [0.5, 0.6) is 0 Å². The maximum Gasteiger partial charge on any atom is 0.275 e. The lowest BCUT2D eigenvalue weighted by Crippen LogP contribution is -2.53. The van der Waals surface area contributed by atoms with Gasteiger partial charge in [0.05, 0.1) is 30.0 Å². The molecular weight excluding hydrogens is 514 g/mol. The summed E-state index contributed by atoms with van der Waals surface area (Å²) in [5, 5.41) is 10.4. The maximum absolute atomic E-state index is 13.9. The number of rotatable bonds is 4. The second-order valence-electron chi connectivity index (χ2n) is 10.2. The summed E-state index contributed by atoms with van der Waals surface area (Å²) in [7, 11) is 3.68. The number of carbonyl (C=O) groups excluding carboxylic acids is 2. The molecule has 7 rings (SSSR count). The summed E-state index contributed by atoms with van der Waals surface area (Å²) in [5.41, 5.74) is 5.84. The Bertz CT molecular complexity index is 1770. The number of hydrogen-bond acceptors (Lipinski definition) is 4. The molecule has 0 unspecified atom stereocenters. The summed E-state index contributed by atoms with van der Waals surface area (Å²) >= 11 is 6.68. The summed E-state index contributed by atoms with van der Waals surface area (Å²) in [4.78, 5) is 31.1. The third-order valence-corrected chi connectivity index (χ3v) is 8.33. The standard InChI is InChI=1S/C29H26ClN7O2/c1-33-23-15-20(22-8-11-31-34(22)2)14-19-9-12-35(26(19)23)17-24(28(33)38)36-13-10-21-25(29(36)39)32-37(27(21)30)16-18-6-4-3-5-7-18/h3-9,11-12,14-15,24H,10,13,16-17H2,1-2H3/t24-/m0/s1. The molecule has 9 nitrogen and oxygen atoms in total. The van der Waals surface area contributed by atoms with Gasteiger partial charge in [0.15, 0.2) is 5.69 Å². The highest BCUT2D eigenvalue weighted by Crippen LogP contribution is 2.37. The van der Waals surface area contributed by atoms with E-state index in [-0.39, 0.29) is 11.8 Å². The highest BCUT2D eigenvalue weighted by atomic mass is 35.5. The van der Waals surface area contributed by atoms with E-state index in [1.807, 2.05) is 60.4 Å². The molecule has 3 aromatic heterocycles. The summed E-state index contributed by atoms with van der Waals surface area (Å²) in [5.74, 6) is -0.393. The minimum atomic E-state index is -0.670. The fourth-order valence-corrected chi connectivity index (χ4v) is 6.16. The number of anilines is 1. The van der Waals surface area contributed by atoms with E-state index in [0.717, 1.165) is 39.0 Å². The summed E-state index contributed by atoms with van der Waals surface area (Å²) in [6.45, 7) is 1.23. The van der Waals surface area contributed by atoms with Crippen LogP contribution in [0.3, 0.4) is 0 Å². The highest BCUT2D eigenvalue weighted by Gasteiger charge is 2.40. The fourth-order valence-electron chi connectivity index (χ4n) is 5.88. The SMILES string of the molecule is CN1C(=O)[C@@H](N2CCc3c(nn(Cc4ccccc4)c3Cl)C2=O)Cn2ccc3cc(-c4ccnn4C)cc1c32. The Balaban J connectivity index is 1.23. The Kier molecular flexibility index (Phi) is 5.38. The van der Waals surface area contributed by atoms with E-state index in [1.165, 1.54) is 0 Å². The summed E-state index contributed by atoms with van der Waals surface area (Å²) in [6.07, 6.45) is 4.30. The molecule has 1 atom stereocenters. The molecule has 0 saturated carbocycles. The van der Waals surface area contributed by atoms with Gasteiger partial charge in [-0.1, -0.05) is 41.9 Å². The van der Waals surface area contributed by atoms with Crippen molar-refractivity contribution in [1.29, 1.82) is 0 Å². The number of hydrogen-bond donors (Lipinski definition) is 0. The van der Waals surface area contributed by atoms with E-state index in [0.29, 0.717) is 36.9 Å². The Morgan fingerprint density at radius 1 is 1.05 bits per heavy atom. The van der Waals surface area contributed by atoms with E-state index in [2.05, 4.69) is 26.9 Å². The van der Waals surface area contributed by atoms with Crippen LogP contribution in [0.25, 0.3) is 22.2 Å². The van der Waals surface area contributed by atoms with E-state index in [9.17, 15) is 9.59 Å². The van der Waals surface area contributed by atoms with Crippen LogP contribution in [0.2, 0.25) is 5.15 Å². The van der Waals surface area contributed by atoms with E-state index in [4.69, 9.17) is 11.6 Å². The van der Waals surface area contributed by atoms with Crippen molar-refractivity contribution in [3.05, 3.63) is 89.0 Å². The lowest BCUT2D eigenvalue weighted by atomic mass is 10.0. The van der Waals surface area contributed by atoms with Crippen molar-refractivity contribution >= 4 is 40.0 Å². The number of carbonyl (C=O) groups is 2. The van der Waals surface area contributed by atoms with Gasteiger partial charge < -0.3 is 14.4 Å². The Morgan fingerprint density at radius 3 is 2.64 bits per heavy atom. The van der Waals surface area contributed by atoms with Crippen LogP contribution < -0.4 is 4.90 Å². The topological polar surface area (TPSA) is 81.2 Å². The van der Waals surface area contributed by atoms with Crippen molar-refractivity contribution in [1.82, 2.24) is 29.0 Å². The smallest absolute Gasteiger partial charge is 0.275 e. The van der Waals surface area contributed by atoms with Gasteiger partial charge in [0, 0.05) is 49.5 Å². The molecule has 2 aliphatic rings. The molecule has 2 aliphatic heterocycles. The lowest BCUT2D eigenvalue weighted by molar-refractivity contribution is -0.123. The predicted molar refractivity (Wildman–Crippen MR) is 149 cm³/mol. The molecule has 2 aromatic carbocycles. The van der Waals surface area contributed by atoms with Crippen molar-refractivity contribution < 1.29 is 9.59 Å². The van der Waals surface area contributed by atoms with Crippen molar-refractivity contribution in [2.45, 2.75) is 25.6 Å². The quantitative estimate of drug-likeness (QED) is 0.346. The number of benzene rings is 2. The second-order valence-corrected chi connectivity index (χ2v) is 10.5. The molecular formula is C29H26ClN7O2. The average molecular weight is 540 g/mol. The van der Waals surface area contributed by atoms with Gasteiger partial charge in [0.25, 0.3) is 11.8 Å². The average Bonchev–Trinajstić information content (AvgIpc) is 3.63. The van der Waals surface area contributed by atoms with Crippen LogP contribution in [0.4, 0.5) is 5.69 Å². The van der Waals surface area contributed by atoms with Crippen LogP contribution in [0.15, 0.2) is 67.0 Å².